The van der Waals surface area contributed by atoms with Gasteiger partial charge in [0.05, 0.1) is 62.8 Å². The molecule has 0 spiro atoms. The molecule has 0 aliphatic rings. The number of hydrogen-bond donors (Lipinski definition) is 0. The van der Waals surface area contributed by atoms with Crippen LogP contribution in [0.5, 0.6) is 0 Å². The van der Waals surface area contributed by atoms with Crippen molar-refractivity contribution in [3.63, 3.8) is 0 Å². The lowest BCUT2D eigenvalue weighted by Gasteiger charge is -2.17. The monoisotopic (exact) mass is 829 g/mol. The number of benzene rings is 8. The second kappa shape index (κ2) is 16.5. The van der Waals surface area contributed by atoms with Gasteiger partial charge in [-0.1, -0.05) is 152 Å². The molecule has 65 heavy (non-hydrogen) atoms. The third kappa shape index (κ3) is 7.36. The summed E-state index contributed by atoms with van der Waals surface area (Å²) in [6.45, 7) is 0. The first-order chi connectivity index (χ1) is 32.1. The van der Waals surface area contributed by atoms with Crippen LogP contribution in [0.3, 0.4) is 0 Å². The molecule has 0 aliphatic heterocycles. The molecule has 0 radical (unpaired) electrons. The number of hydrogen-bond acceptors (Lipinski definition) is 6. The summed E-state index contributed by atoms with van der Waals surface area (Å²) in [6.07, 6.45) is 0. The van der Waals surface area contributed by atoms with Gasteiger partial charge in [0, 0.05) is 44.2 Å². The topological polar surface area (TPSA) is 104 Å². The Labute approximate surface area is 375 Å². The molecule has 302 valence electrons. The zero-order chi connectivity index (χ0) is 43.7. The number of para-hydroxylation sites is 1. The summed E-state index contributed by atoms with van der Waals surface area (Å²) in [5, 5.41) is 21.7. The van der Waals surface area contributed by atoms with Gasteiger partial charge in [0.1, 0.15) is 0 Å². The van der Waals surface area contributed by atoms with Crippen molar-refractivity contribution < 1.29 is 0 Å². The van der Waals surface area contributed by atoms with E-state index in [-0.39, 0.29) is 0 Å². The summed E-state index contributed by atoms with van der Waals surface area (Å²) in [4.78, 5) is 20.8. The first-order valence-corrected chi connectivity index (χ1v) is 21.2. The van der Waals surface area contributed by atoms with E-state index in [1.807, 2.05) is 109 Å². The molecule has 0 unspecified atom stereocenters. The summed E-state index contributed by atoms with van der Waals surface area (Å²) in [5.74, 6) is 1.24. The van der Waals surface area contributed by atoms with Crippen molar-refractivity contribution in [3.05, 3.63) is 223 Å². The second-order valence-corrected chi connectivity index (χ2v) is 15.7. The summed E-state index contributed by atoms with van der Waals surface area (Å²) < 4.78 is 2.30. The Kier molecular flexibility index (Phi) is 9.82. The van der Waals surface area contributed by atoms with Crippen LogP contribution in [-0.4, -0.2) is 24.5 Å². The lowest BCUT2D eigenvalue weighted by molar-refractivity contribution is 1.15. The van der Waals surface area contributed by atoms with Crippen molar-refractivity contribution in [2.24, 2.45) is 0 Å². The van der Waals surface area contributed by atoms with Crippen LogP contribution in [0, 0.1) is 22.7 Å². The van der Waals surface area contributed by atoms with Crippen LogP contribution in [0.4, 0.5) is 0 Å². The number of nitriles is 2. The van der Waals surface area contributed by atoms with Gasteiger partial charge in [-0.05, 0) is 71.8 Å². The molecule has 0 N–H and O–H groups in total. The summed E-state index contributed by atoms with van der Waals surface area (Å²) in [7, 11) is 0. The SMILES string of the molecule is N#Cc1cc(C#N)cc(-c2ccc3c(c2)c2ccccc2n3-c2ccc(-c3cc(-c4ccccc4)nc(-c4ccccc4)n3)cc2-c2cc(-c3ccccc3)nc(-c3ccccc3)n2)c1. The summed E-state index contributed by atoms with van der Waals surface area (Å²) in [5.41, 5.74) is 14.2. The highest BCUT2D eigenvalue weighted by Crippen LogP contribution is 2.41. The molecule has 3 heterocycles. The van der Waals surface area contributed by atoms with Crippen molar-refractivity contribution in [1.29, 1.82) is 10.5 Å². The molecule has 11 aromatic rings. The predicted octanol–water partition coefficient (Wildman–Crippen LogP) is 13.8. The maximum atomic E-state index is 9.80. The fraction of sp³-hybridized carbons (Fsp3) is 0. The Morgan fingerprint density at radius 1 is 0.323 bits per heavy atom. The van der Waals surface area contributed by atoms with Crippen molar-refractivity contribution in [2.75, 3.05) is 0 Å². The highest BCUT2D eigenvalue weighted by atomic mass is 15.0. The molecule has 3 aromatic heterocycles. The standard InChI is InChI=1S/C58H35N7/c59-36-38-29-39(37-60)31-46(30-38)44-25-27-55-48(32-44)47-23-13-14-24-54(47)65(55)56-28-26-45(52-34-50(40-15-5-1-6-16-40)61-57(63-52)42-19-9-3-10-20-42)33-49(56)53-35-51(41-17-7-2-8-18-41)62-58(64-53)43-21-11-4-12-22-43/h1-35H. The Morgan fingerprint density at radius 3 is 1.35 bits per heavy atom. The van der Waals surface area contributed by atoms with Gasteiger partial charge in [0.2, 0.25) is 0 Å². The molecule has 0 saturated heterocycles. The van der Waals surface area contributed by atoms with Gasteiger partial charge in [-0.25, -0.2) is 19.9 Å². The minimum atomic E-state index is 0.441. The average molecular weight is 830 g/mol. The van der Waals surface area contributed by atoms with E-state index in [2.05, 4.69) is 114 Å². The van der Waals surface area contributed by atoms with Crippen LogP contribution in [0.25, 0.3) is 106 Å². The van der Waals surface area contributed by atoms with Crippen LogP contribution in [0.15, 0.2) is 212 Å². The lowest BCUT2D eigenvalue weighted by Crippen LogP contribution is -2.02. The quantitative estimate of drug-likeness (QED) is 0.151. The van der Waals surface area contributed by atoms with Crippen LogP contribution in [0.2, 0.25) is 0 Å². The second-order valence-electron chi connectivity index (χ2n) is 15.7. The lowest BCUT2D eigenvalue weighted by atomic mass is 9.98. The predicted molar refractivity (Wildman–Crippen MR) is 259 cm³/mol. The molecule has 8 aromatic carbocycles. The normalized spacial score (nSPS) is 11.0. The molecular weight excluding hydrogens is 795 g/mol. The number of nitrogens with zero attached hydrogens (tertiary/aromatic N) is 7. The zero-order valence-corrected chi connectivity index (χ0v) is 34.8. The van der Waals surface area contributed by atoms with Crippen molar-refractivity contribution in [3.8, 4) is 96.8 Å². The van der Waals surface area contributed by atoms with Crippen LogP contribution < -0.4 is 0 Å². The Morgan fingerprint density at radius 2 is 0.785 bits per heavy atom. The largest absolute Gasteiger partial charge is 0.309 e. The van der Waals surface area contributed by atoms with E-state index in [1.165, 1.54) is 0 Å². The third-order valence-electron chi connectivity index (χ3n) is 11.7. The van der Waals surface area contributed by atoms with Crippen molar-refractivity contribution >= 4 is 21.8 Å². The van der Waals surface area contributed by atoms with E-state index < -0.39 is 0 Å². The molecule has 0 aliphatic carbocycles. The van der Waals surface area contributed by atoms with E-state index in [0.29, 0.717) is 22.8 Å². The highest BCUT2D eigenvalue weighted by Gasteiger charge is 2.21. The van der Waals surface area contributed by atoms with Crippen LogP contribution in [0.1, 0.15) is 11.1 Å². The molecule has 7 nitrogen and oxygen atoms in total. The van der Waals surface area contributed by atoms with E-state index in [0.717, 1.165) is 94.8 Å². The summed E-state index contributed by atoms with van der Waals surface area (Å²) >= 11 is 0. The number of aromatic nitrogens is 5. The van der Waals surface area contributed by atoms with Gasteiger partial charge in [0.25, 0.3) is 0 Å². The molecule has 0 saturated carbocycles. The summed E-state index contributed by atoms with van der Waals surface area (Å²) in [6, 6.07) is 75.7. The molecule has 11 rings (SSSR count). The van der Waals surface area contributed by atoms with Gasteiger partial charge in [0.15, 0.2) is 11.6 Å². The molecular formula is C58H35N7. The Hall–Kier alpha value is -9.30. The van der Waals surface area contributed by atoms with E-state index in [1.54, 1.807) is 6.07 Å². The Bertz CT molecular complexity index is 3520. The first kappa shape index (κ1) is 38.6. The molecule has 0 amide bonds. The number of fused-ring (bicyclic) bond motifs is 3. The van der Waals surface area contributed by atoms with Gasteiger partial charge in [-0.2, -0.15) is 10.5 Å². The van der Waals surface area contributed by atoms with E-state index >= 15 is 0 Å². The molecule has 0 bridgehead atoms. The fourth-order valence-electron chi connectivity index (χ4n) is 8.56. The van der Waals surface area contributed by atoms with Gasteiger partial charge >= 0.3 is 0 Å². The van der Waals surface area contributed by atoms with Gasteiger partial charge < -0.3 is 4.57 Å². The van der Waals surface area contributed by atoms with Crippen molar-refractivity contribution in [2.45, 2.75) is 0 Å². The van der Waals surface area contributed by atoms with Crippen LogP contribution >= 0.6 is 0 Å². The van der Waals surface area contributed by atoms with E-state index in [4.69, 9.17) is 19.9 Å². The minimum absolute atomic E-state index is 0.441. The fourth-order valence-corrected chi connectivity index (χ4v) is 8.56. The molecule has 0 fully saturated rings. The Balaban J connectivity index is 1.19. The van der Waals surface area contributed by atoms with Crippen molar-refractivity contribution in [1.82, 2.24) is 24.5 Å². The van der Waals surface area contributed by atoms with Gasteiger partial charge in [-0.15, -0.1) is 0 Å². The first-order valence-electron chi connectivity index (χ1n) is 21.2. The highest BCUT2D eigenvalue weighted by molar-refractivity contribution is 6.11. The minimum Gasteiger partial charge on any atom is -0.309 e. The smallest absolute Gasteiger partial charge is 0.160 e. The molecule has 7 heteroatoms. The van der Waals surface area contributed by atoms with Gasteiger partial charge in [-0.3, -0.25) is 0 Å². The van der Waals surface area contributed by atoms with E-state index in [9.17, 15) is 10.5 Å². The number of rotatable bonds is 8. The maximum absolute atomic E-state index is 9.80. The maximum Gasteiger partial charge on any atom is 0.160 e. The molecule has 0 atom stereocenters. The third-order valence-corrected chi connectivity index (χ3v) is 11.7. The zero-order valence-electron chi connectivity index (χ0n) is 34.8. The average Bonchev–Trinajstić information content (AvgIpc) is 3.72. The van der Waals surface area contributed by atoms with Crippen LogP contribution in [-0.2, 0) is 0 Å².